The molecule has 4 nitrogen and oxygen atoms in total. The normalized spacial score (nSPS) is 31.6. The maximum absolute atomic E-state index is 5.60. The molecule has 1 aromatic rings. The fourth-order valence-electron chi connectivity index (χ4n) is 2.60. The van der Waals surface area contributed by atoms with E-state index >= 15 is 0 Å². The van der Waals surface area contributed by atoms with Crippen LogP contribution in [0.5, 0.6) is 0 Å². The lowest BCUT2D eigenvalue weighted by Gasteiger charge is -2.43. The van der Waals surface area contributed by atoms with Crippen LogP contribution in [-0.4, -0.2) is 41.4 Å². The summed E-state index contributed by atoms with van der Waals surface area (Å²) in [6.07, 6.45) is 1.02. The molecule has 3 rings (SSSR count). The van der Waals surface area contributed by atoms with Crippen LogP contribution in [0.15, 0.2) is 0 Å². The van der Waals surface area contributed by atoms with E-state index < -0.39 is 0 Å². The maximum atomic E-state index is 5.60. The second-order valence-corrected chi connectivity index (χ2v) is 4.29. The third-order valence-corrected chi connectivity index (χ3v) is 3.49. The van der Waals surface area contributed by atoms with Crippen LogP contribution in [0, 0.1) is 6.92 Å². The average molecular weight is 193 g/mol. The van der Waals surface area contributed by atoms with Crippen molar-refractivity contribution < 1.29 is 4.74 Å². The van der Waals surface area contributed by atoms with Gasteiger partial charge in [-0.15, -0.1) is 0 Å². The number of rotatable bonds is 0. The van der Waals surface area contributed by atoms with Gasteiger partial charge in [0.25, 0.3) is 0 Å². The number of likely N-dealkylation sites (N-methyl/N-ethyl adjacent to an activating group) is 1. The highest BCUT2D eigenvalue weighted by atomic mass is 16.5. The molecule has 0 radical (unpaired) electrons. The monoisotopic (exact) mass is 193 g/mol. The summed E-state index contributed by atoms with van der Waals surface area (Å²) in [5.74, 6) is 0. The van der Waals surface area contributed by atoms with Gasteiger partial charge in [0.15, 0.2) is 0 Å². The van der Waals surface area contributed by atoms with Crippen LogP contribution in [0.4, 0.5) is 0 Å². The Hall–Kier alpha value is -0.870. The van der Waals surface area contributed by atoms with Crippen molar-refractivity contribution >= 4 is 0 Å². The number of aryl methyl sites for hydroxylation is 1. The van der Waals surface area contributed by atoms with E-state index in [1.165, 1.54) is 17.0 Å². The summed E-state index contributed by atoms with van der Waals surface area (Å²) in [4.78, 5) is 2.42. The minimum atomic E-state index is 0.413. The molecule has 0 amide bonds. The first-order valence-electron chi connectivity index (χ1n) is 5.11. The molecule has 0 saturated carbocycles. The third-order valence-electron chi connectivity index (χ3n) is 3.49. The van der Waals surface area contributed by atoms with Crippen molar-refractivity contribution in [2.24, 2.45) is 0 Å². The minimum Gasteiger partial charge on any atom is -0.378 e. The number of aromatic amines is 1. The molecule has 2 unspecified atom stereocenters. The third kappa shape index (κ3) is 0.980. The van der Waals surface area contributed by atoms with Crippen molar-refractivity contribution in [2.45, 2.75) is 25.4 Å². The molecule has 0 aromatic carbocycles. The Morgan fingerprint density at radius 3 is 3.21 bits per heavy atom. The Bertz CT molecular complexity index is 360. The van der Waals surface area contributed by atoms with E-state index in [0.717, 1.165) is 19.6 Å². The van der Waals surface area contributed by atoms with Crippen LogP contribution in [-0.2, 0) is 11.2 Å². The van der Waals surface area contributed by atoms with E-state index in [1.807, 2.05) is 0 Å². The molecule has 1 N–H and O–H groups in total. The van der Waals surface area contributed by atoms with Gasteiger partial charge in [0.05, 0.1) is 24.9 Å². The summed E-state index contributed by atoms with van der Waals surface area (Å²) in [5, 5.41) is 7.45. The lowest BCUT2D eigenvalue weighted by atomic mass is 9.91. The topological polar surface area (TPSA) is 41.1 Å². The zero-order valence-corrected chi connectivity index (χ0v) is 8.58. The first-order chi connectivity index (χ1) is 6.77. The standard InChI is InChI=1S/C10H15N3O/c1-6-10-8(12-11-6)3-7-4-14-5-9(10)13(7)2/h7,9H,3-5H2,1-2H3,(H,11,12). The van der Waals surface area contributed by atoms with Crippen molar-refractivity contribution in [1.29, 1.82) is 0 Å². The Kier molecular flexibility index (Phi) is 1.69. The zero-order chi connectivity index (χ0) is 9.71. The van der Waals surface area contributed by atoms with Gasteiger partial charge >= 0.3 is 0 Å². The summed E-state index contributed by atoms with van der Waals surface area (Å²) < 4.78 is 5.60. The Morgan fingerprint density at radius 2 is 2.36 bits per heavy atom. The number of morpholine rings is 1. The van der Waals surface area contributed by atoms with Gasteiger partial charge in [-0.1, -0.05) is 0 Å². The van der Waals surface area contributed by atoms with Gasteiger partial charge in [-0.2, -0.15) is 5.10 Å². The predicted molar refractivity (Wildman–Crippen MR) is 52.1 cm³/mol. The Morgan fingerprint density at radius 1 is 1.50 bits per heavy atom. The van der Waals surface area contributed by atoms with Gasteiger partial charge in [-0.05, 0) is 14.0 Å². The van der Waals surface area contributed by atoms with E-state index in [2.05, 4.69) is 29.1 Å². The van der Waals surface area contributed by atoms with Gasteiger partial charge in [0.1, 0.15) is 0 Å². The molecule has 1 aromatic heterocycles. The number of fused-ring (bicyclic) bond motifs is 4. The highest BCUT2D eigenvalue weighted by Crippen LogP contribution is 2.35. The fourth-order valence-corrected chi connectivity index (χ4v) is 2.60. The van der Waals surface area contributed by atoms with Crippen molar-refractivity contribution in [3.8, 4) is 0 Å². The number of nitrogens with zero attached hydrogens (tertiary/aromatic N) is 2. The average Bonchev–Trinajstić information content (AvgIpc) is 2.47. The Balaban J connectivity index is 2.10. The zero-order valence-electron chi connectivity index (χ0n) is 8.58. The second-order valence-electron chi connectivity index (χ2n) is 4.29. The number of hydrogen-bond donors (Lipinski definition) is 1. The van der Waals surface area contributed by atoms with Gasteiger partial charge in [0, 0.05) is 23.7 Å². The van der Waals surface area contributed by atoms with Gasteiger partial charge < -0.3 is 4.74 Å². The van der Waals surface area contributed by atoms with Crippen LogP contribution in [0.25, 0.3) is 0 Å². The molecule has 2 atom stereocenters. The quantitative estimate of drug-likeness (QED) is 0.657. The molecule has 2 aliphatic heterocycles. The SMILES string of the molecule is Cc1[nH]nc2c1C1COCC(C2)N1C. The summed E-state index contributed by atoms with van der Waals surface area (Å²) in [7, 11) is 2.19. The molecule has 2 aliphatic rings. The second kappa shape index (κ2) is 2.81. The predicted octanol–water partition coefficient (Wildman–Crippen LogP) is 0.646. The number of H-pyrrole nitrogens is 1. The molecule has 1 saturated heterocycles. The van der Waals surface area contributed by atoms with E-state index in [0.29, 0.717) is 12.1 Å². The first kappa shape index (κ1) is 8.44. The van der Waals surface area contributed by atoms with Gasteiger partial charge in [-0.25, -0.2) is 0 Å². The first-order valence-corrected chi connectivity index (χ1v) is 5.11. The smallest absolute Gasteiger partial charge is 0.0690 e. The molecule has 14 heavy (non-hydrogen) atoms. The molecular weight excluding hydrogens is 178 g/mol. The number of aromatic nitrogens is 2. The van der Waals surface area contributed by atoms with E-state index in [1.54, 1.807) is 0 Å². The van der Waals surface area contributed by atoms with Crippen LogP contribution in [0.3, 0.4) is 0 Å². The fraction of sp³-hybridized carbons (Fsp3) is 0.700. The van der Waals surface area contributed by atoms with Crippen LogP contribution in [0.1, 0.15) is 23.0 Å². The van der Waals surface area contributed by atoms with Crippen LogP contribution >= 0.6 is 0 Å². The van der Waals surface area contributed by atoms with Crippen LogP contribution < -0.4 is 0 Å². The van der Waals surface area contributed by atoms with Crippen molar-refractivity contribution in [2.75, 3.05) is 20.3 Å². The molecule has 2 bridgehead atoms. The molecule has 0 aliphatic carbocycles. The molecule has 1 fully saturated rings. The summed E-state index contributed by atoms with van der Waals surface area (Å²) >= 11 is 0. The minimum absolute atomic E-state index is 0.413. The lowest BCUT2D eigenvalue weighted by molar-refractivity contribution is -0.0450. The number of nitrogens with one attached hydrogen (secondary N) is 1. The summed E-state index contributed by atoms with van der Waals surface area (Å²) in [6.45, 7) is 3.74. The highest BCUT2D eigenvalue weighted by Gasteiger charge is 2.38. The number of ether oxygens (including phenoxy) is 1. The highest BCUT2D eigenvalue weighted by molar-refractivity contribution is 5.32. The van der Waals surface area contributed by atoms with Crippen molar-refractivity contribution in [3.63, 3.8) is 0 Å². The van der Waals surface area contributed by atoms with Gasteiger partial charge in [0.2, 0.25) is 0 Å². The molecule has 4 heteroatoms. The summed E-state index contributed by atoms with van der Waals surface area (Å²) in [5.41, 5.74) is 3.81. The Labute approximate surface area is 83.2 Å². The largest absolute Gasteiger partial charge is 0.378 e. The van der Waals surface area contributed by atoms with E-state index in [9.17, 15) is 0 Å². The number of hydrogen-bond acceptors (Lipinski definition) is 3. The lowest BCUT2D eigenvalue weighted by Crippen LogP contribution is -2.49. The maximum Gasteiger partial charge on any atom is 0.0690 e. The van der Waals surface area contributed by atoms with Crippen molar-refractivity contribution in [1.82, 2.24) is 15.1 Å². The molecule has 0 spiro atoms. The van der Waals surface area contributed by atoms with E-state index in [-0.39, 0.29) is 0 Å². The molecule has 76 valence electrons. The molecular formula is C10H15N3O. The van der Waals surface area contributed by atoms with Gasteiger partial charge in [-0.3, -0.25) is 10.00 Å². The van der Waals surface area contributed by atoms with E-state index in [4.69, 9.17) is 4.74 Å². The molecule has 3 heterocycles. The van der Waals surface area contributed by atoms with Crippen LogP contribution in [0.2, 0.25) is 0 Å². The van der Waals surface area contributed by atoms with Crippen molar-refractivity contribution in [3.05, 3.63) is 17.0 Å². The summed E-state index contributed by atoms with van der Waals surface area (Å²) in [6, 6.07) is 0.931.